The maximum absolute atomic E-state index is 12.8. The maximum atomic E-state index is 12.8. The normalized spacial score (nSPS) is 13.4. The summed E-state index contributed by atoms with van der Waals surface area (Å²) < 4.78 is 17.9. The van der Waals surface area contributed by atoms with E-state index in [1.54, 1.807) is 6.92 Å². The van der Waals surface area contributed by atoms with E-state index in [9.17, 15) is 14.0 Å². The van der Waals surface area contributed by atoms with Crippen molar-refractivity contribution in [2.75, 3.05) is 6.61 Å². The van der Waals surface area contributed by atoms with Crippen LogP contribution >= 0.6 is 11.6 Å². The Kier molecular flexibility index (Phi) is 5.76. The summed E-state index contributed by atoms with van der Waals surface area (Å²) in [6, 6.07) is 3.01. The summed E-state index contributed by atoms with van der Waals surface area (Å²) in [4.78, 5) is 22.3. The van der Waals surface area contributed by atoms with Gasteiger partial charge in [0.2, 0.25) is 0 Å². The molecule has 1 rings (SSSR count). The van der Waals surface area contributed by atoms with Crippen molar-refractivity contribution >= 4 is 23.5 Å². The molecule has 2 N–H and O–H groups in total. The first-order valence-corrected chi connectivity index (χ1v) is 6.29. The minimum atomic E-state index is -1.000. The lowest BCUT2D eigenvalue weighted by atomic mass is 10.0. The molecule has 0 saturated heterocycles. The molecular formula is C13H15ClFNO4. The van der Waals surface area contributed by atoms with Crippen molar-refractivity contribution in [1.29, 1.82) is 0 Å². The van der Waals surface area contributed by atoms with E-state index in [0.717, 1.165) is 12.1 Å². The van der Waals surface area contributed by atoms with E-state index in [0.29, 0.717) is 0 Å². The fourth-order valence-electron chi connectivity index (χ4n) is 1.37. The molecule has 20 heavy (non-hydrogen) atoms. The van der Waals surface area contributed by atoms with Crippen LogP contribution in [-0.4, -0.2) is 29.6 Å². The topological polar surface area (TPSA) is 75.6 Å². The van der Waals surface area contributed by atoms with E-state index in [2.05, 4.69) is 5.32 Å². The number of carboxylic acid groups (broad SMARTS) is 1. The molecular weight excluding hydrogens is 289 g/mol. The molecule has 0 spiro atoms. The van der Waals surface area contributed by atoms with Crippen LogP contribution in [0.4, 0.5) is 4.39 Å². The number of ether oxygens (including phenoxy) is 1. The van der Waals surface area contributed by atoms with Gasteiger partial charge in [0.15, 0.2) is 6.61 Å². The van der Waals surface area contributed by atoms with Crippen molar-refractivity contribution in [3.05, 3.63) is 29.0 Å². The van der Waals surface area contributed by atoms with Gasteiger partial charge in [0.1, 0.15) is 11.6 Å². The summed E-state index contributed by atoms with van der Waals surface area (Å²) >= 11 is 5.74. The van der Waals surface area contributed by atoms with Gasteiger partial charge in [0.25, 0.3) is 5.91 Å². The highest BCUT2D eigenvalue weighted by Crippen LogP contribution is 2.24. The molecule has 2 atom stereocenters. The molecule has 110 valence electrons. The van der Waals surface area contributed by atoms with Crippen LogP contribution in [0.15, 0.2) is 18.2 Å². The lowest BCUT2D eigenvalue weighted by Gasteiger charge is -2.18. The molecule has 0 saturated carbocycles. The van der Waals surface area contributed by atoms with Crippen LogP contribution < -0.4 is 10.1 Å². The second-order valence-corrected chi connectivity index (χ2v) is 4.75. The van der Waals surface area contributed by atoms with E-state index in [-0.39, 0.29) is 17.4 Å². The highest BCUT2D eigenvalue weighted by atomic mass is 35.5. The van der Waals surface area contributed by atoms with Crippen LogP contribution in [0.3, 0.4) is 0 Å². The maximum Gasteiger partial charge on any atom is 0.308 e. The SMILES string of the molecule is CC(NC(=O)COc1ccc(F)cc1Cl)C(C)C(=O)O. The molecule has 0 fully saturated rings. The highest BCUT2D eigenvalue weighted by molar-refractivity contribution is 6.32. The van der Waals surface area contributed by atoms with Crippen molar-refractivity contribution in [3.63, 3.8) is 0 Å². The summed E-state index contributed by atoms with van der Waals surface area (Å²) in [7, 11) is 0. The predicted octanol–water partition coefficient (Wildman–Crippen LogP) is 2.08. The molecule has 0 bridgehead atoms. The summed E-state index contributed by atoms with van der Waals surface area (Å²) in [5.74, 6) is -2.52. The van der Waals surface area contributed by atoms with Crippen LogP contribution in [0.2, 0.25) is 5.02 Å². The first kappa shape index (κ1) is 16.2. The van der Waals surface area contributed by atoms with E-state index in [4.69, 9.17) is 21.4 Å². The Bertz CT molecular complexity index is 509. The Labute approximate surface area is 120 Å². The number of carbonyl (C=O) groups excluding carboxylic acids is 1. The lowest BCUT2D eigenvalue weighted by Crippen LogP contribution is -2.42. The van der Waals surface area contributed by atoms with E-state index >= 15 is 0 Å². The first-order chi connectivity index (χ1) is 9.31. The molecule has 0 aromatic heterocycles. The molecule has 0 aliphatic carbocycles. The van der Waals surface area contributed by atoms with Crippen molar-refractivity contribution in [3.8, 4) is 5.75 Å². The van der Waals surface area contributed by atoms with Gasteiger partial charge < -0.3 is 15.2 Å². The van der Waals surface area contributed by atoms with Gasteiger partial charge in [-0.1, -0.05) is 11.6 Å². The van der Waals surface area contributed by atoms with Gasteiger partial charge in [-0.15, -0.1) is 0 Å². The summed E-state index contributed by atoms with van der Waals surface area (Å²) in [6.07, 6.45) is 0. The third-order valence-corrected chi connectivity index (χ3v) is 3.08. The number of amides is 1. The molecule has 0 aliphatic heterocycles. The summed E-state index contributed by atoms with van der Waals surface area (Å²) in [5, 5.41) is 11.4. The predicted molar refractivity (Wildman–Crippen MR) is 71.3 cm³/mol. The van der Waals surface area contributed by atoms with Gasteiger partial charge in [-0.2, -0.15) is 0 Å². The van der Waals surface area contributed by atoms with Crippen LogP contribution in [0.1, 0.15) is 13.8 Å². The van der Waals surface area contributed by atoms with Gasteiger partial charge in [-0.3, -0.25) is 9.59 Å². The van der Waals surface area contributed by atoms with Gasteiger partial charge in [-0.25, -0.2) is 4.39 Å². The second-order valence-electron chi connectivity index (χ2n) is 4.35. The molecule has 0 heterocycles. The molecule has 1 aromatic carbocycles. The van der Waals surface area contributed by atoms with Crippen molar-refractivity contribution in [2.45, 2.75) is 19.9 Å². The number of halogens is 2. The Morgan fingerprint density at radius 1 is 1.45 bits per heavy atom. The number of aliphatic carboxylic acids is 1. The molecule has 7 heteroatoms. The van der Waals surface area contributed by atoms with Crippen LogP contribution in [-0.2, 0) is 9.59 Å². The number of rotatable bonds is 6. The van der Waals surface area contributed by atoms with Gasteiger partial charge >= 0.3 is 5.97 Å². The third kappa shape index (κ3) is 4.70. The zero-order valence-electron chi connectivity index (χ0n) is 11.0. The minimum Gasteiger partial charge on any atom is -0.482 e. The number of hydrogen-bond acceptors (Lipinski definition) is 3. The van der Waals surface area contributed by atoms with Crippen LogP contribution in [0.5, 0.6) is 5.75 Å². The van der Waals surface area contributed by atoms with E-state index in [1.807, 2.05) is 0 Å². The van der Waals surface area contributed by atoms with Gasteiger partial charge in [0.05, 0.1) is 10.9 Å². The number of hydrogen-bond donors (Lipinski definition) is 2. The molecule has 2 unspecified atom stereocenters. The molecule has 0 radical (unpaired) electrons. The van der Waals surface area contributed by atoms with E-state index < -0.39 is 29.7 Å². The van der Waals surface area contributed by atoms with E-state index in [1.165, 1.54) is 13.0 Å². The van der Waals surface area contributed by atoms with Crippen molar-refractivity contribution < 1.29 is 23.8 Å². The second kappa shape index (κ2) is 7.09. The Balaban J connectivity index is 2.49. The Morgan fingerprint density at radius 3 is 2.65 bits per heavy atom. The van der Waals surface area contributed by atoms with Gasteiger partial charge in [0, 0.05) is 6.04 Å². The lowest BCUT2D eigenvalue weighted by molar-refractivity contribution is -0.142. The quantitative estimate of drug-likeness (QED) is 0.843. The highest BCUT2D eigenvalue weighted by Gasteiger charge is 2.21. The average molecular weight is 304 g/mol. The first-order valence-electron chi connectivity index (χ1n) is 5.91. The Hall–Kier alpha value is -1.82. The van der Waals surface area contributed by atoms with Crippen LogP contribution in [0.25, 0.3) is 0 Å². The molecule has 5 nitrogen and oxygen atoms in total. The zero-order valence-corrected chi connectivity index (χ0v) is 11.8. The Morgan fingerprint density at radius 2 is 2.10 bits per heavy atom. The molecule has 1 amide bonds. The fraction of sp³-hybridized carbons (Fsp3) is 0.385. The van der Waals surface area contributed by atoms with Crippen molar-refractivity contribution in [2.24, 2.45) is 5.92 Å². The van der Waals surface area contributed by atoms with Crippen molar-refractivity contribution in [1.82, 2.24) is 5.32 Å². The third-order valence-electron chi connectivity index (χ3n) is 2.78. The standard InChI is InChI=1S/C13H15ClFNO4/c1-7(13(18)19)8(2)16-12(17)6-20-11-4-3-9(15)5-10(11)14/h3-5,7-8H,6H2,1-2H3,(H,16,17)(H,18,19). The summed E-state index contributed by atoms with van der Waals surface area (Å²) in [5.41, 5.74) is 0. The van der Waals surface area contributed by atoms with Gasteiger partial charge in [-0.05, 0) is 32.0 Å². The molecule has 1 aromatic rings. The monoisotopic (exact) mass is 303 g/mol. The number of carboxylic acids is 1. The smallest absolute Gasteiger partial charge is 0.308 e. The number of nitrogens with one attached hydrogen (secondary N) is 1. The average Bonchev–Trinajstić information content (AvgIpc) is 2.36. The zero-order chi connectivity index (χ0) is 15.3. The molecule has 0 aliphatic rings. The fourth-order valence-corrected chi connectivity index (χ4v) is 1.59. The largest absolute Gasteiger partial charge is 0.482 e. The minimum absolute atomic E-state index is 0.0600. The summed E-state index contributed by atoms with van der Waals surface area (Å²) in [6.45, 7) is 2.74. The number of carbonyl (C=O) groups is 2. The number of benzene rings is 1. The van der Waals surface area contributed by atoms with Crippen LogP contribution in [0, 0.1) is 11.7 Å².